The Bertz CT molecular complexity index is 835. The fourth-order valence-electron chi connectivity index (χ4n) is 2.12. The van der Waals surface area contributed by atoms with E-state index in [1.54, 1.807) is 0 Å². The first-order valence-corrected chi connectivity index (χ1v) is 7.59. The zero-order valence-electron chi connectivity index (χ0n) is 10.1. The number of benzene rings is 2. The molecule has 0 aliphatic rings. The molecule has 0 fully saturated rings. The number of halogens is 2. The highest BCUT2D eigenvalue weighted by atomic mass is 127. The van der Waals surface area contributed by atoms with Crippen molar-refractivity contribution < 1.29 is 0 Å². The smallest absolute Gasteiger partial charge is 0.182 e. The number of fused-ring (bicyclic) bond motifs is 1. The molecule has 3 aromatic rings. The average Bonchev–Trinajstić information content (AvgIpc) is 2.67. The van der Waals surface area contributed by atoms with Crippen molar-refractivity contribution in [2.24, 2.45) is 0 Å². The second-order valence-electron chi connectivity index (χ2n) is 4.38. The molecule has 3 rings (SSSR count). The number of imidazole rings is 1. The predicted octanol–water partition coefficient (Wildman–Crippen LogP) is 5.25. The molecule has 0 amide bonds. The summed E-state index contributed by atoms with van der Waals surface area (Å²) in [5, 5.41) is 0.696. The van der Waals surface area contributed by atoms with E-state index >= 15 is 0 Å². The van der Waals surface area contributed by atoms with E-state index in [1.807, 2.05) is 29.7 Å². The maximum absolute atomic E-state index is 6.31. The van der Waals surface area contributed by atoms with Crippen LogP contribution in [0.5, 0.6) is 0 Å². The molecule has 1 heterocycles. The lowest BCUT2D eigenvalue weighted by Crippen LogP contribution is -1.95. The highest BCUT2D eigenvalue weighted by Crippen LogP contribution is 2.27. The van der Waals surface area contributed by atoms with Crippen LogP contribution >= 0.6 is 46.4 Å². The van der Waals surface area contributed by atoms with Gasteiger partial charge >= 0.3 is 0 Å². The van der Waals surface area contributed by atoms with Crippen LogP contribution in [-0.2, 0) is 0 Å². The van der Waals surface area contributed by atoms with Crippen LogP contribution in [0.2, 0.25) is 5.02 Å². The van der Waals surface area contributed by atoms with Gasteiger partial charge < -0.3 is 4.98 Å². The highest BCUT2D eigenvalue weighted by Gasteiger charge is 2.10. The molecule has 0 saturated carbocycles. The lowest BCUT2D eigenvalue weighted by Gasteiger charge is -2.08. The minimum Gasteiger partial charge on any atom is -0.330 e. The third-order valence-electron chi connectivity index (χ3n) is 2.99. The summed E-state index contributed by atoms with van der Waals surface area (Å²) in [7, 11) is 0. The molecule has 0 spiro atoms. The van der Waals surface area contributed by atoms with Crippen molar-refractivity contribution in [2.45, 2.75) is 6.92 Å². The van der Waals surface area contributed by atoms with Gasteiger partial charge in [-0.3, -0.25) is 4.57 Å². The zero-order valence-corrected chi connectivity index (χ0v) is 13.8. The summed E-state index contributed by atoms with van der Waals surface area (Å²) in [4.78, 5) is 3.23. The van der Waals surface area contributed by atoms with Crippen molar-refractivity contribution in [3.63, 3.8) is 0 Å². The standard InChI is InChI=1S/C14H10ClIN2S/c1-8-2-4-10(15)13(6-8)18-12-5-3-9(16)7-11(12)17-14(18)19/h2-7H,1H3,(H,17,19). The van der Waals surface area contributed by atoms with Crippen LogP contribution < -0.4 is 0 Å². The summed E-state index contributed by atoms with van der Waals surface area (Å²) < 4.78 is 3.81. The van der Waals surface area contributed by atoms with Crippen LogP contribution in [0.15, 0.2) is 36.4 Å². The Hall–Kier alpha value is -0.850. The Morgan fingerprint density at radius 1 is 1.21 bits per heavy atom. The van der Waals surface area contributed by atoms with Gasteiger partial charge in [-0.15, -0.1) is 0 Å². The fourth-order valence-corrected chi connectivity index (χ4v) is 3.12. The maximum Gasteiger partial charge on any atom is 0.182 e. The van der Waals surface area contributed by atoms with E-state index in [1.165, 1.54) is 3.57 Å². The van der Waals surface area contributed by atoms with Gasteiger partial charge in [0.2, 0.25) is 0 Å². The average molecular weight is 401 g/mol. The number of aromatic nitrogens is 2. The highest BCUT2D eigenvalue weighted by molar-refractivity contribution is 14.1. The van der Waals surface area contributed by atoms with Gasteiger partial charge in [-0.1, -0.05) is 17.7 Å². The third-order valence-corrected chi connectivity index (χ3v) is 4.26. The van der Waals surface area contributed by atoms with E-state index in [2.05, 4.69) is 45.8 Å². The Morgan fingerprint density at radius 2 is 2.00 bits per heavy atom. The van der Waals surface area contributed by atoms with Crippen LogP contribution in [0, 0.1) is 15.3 Å². The van der Waals surface area contributed by atoms with Gasteiger partial charge in [-0.2, -0.15) is 0 Å². The van der Waals surface area contributed by atoms with Crippen molar-refractivity contribution in [1.29, 1.82) is 0 Å². The van der Waals surface area contributed by atoms with E-state index in [0.29, 0.717) is 9.79 Å². The molecule has 19 heavy (non-hydrogen) atoms. The normalized spacial score (nSPS) is 11.1. The topological polar surface area (TPSA) is 20.7 Å². The number of hydrogen-bond acceptors (Lipinski definition) is 1. The molecule has 5 heteroatoms. The largest absolute Gasteiger partial charge is 0.330 e. The van der Waals surface area contributed by atoms with Crippen molar-refractivity contribution >= 4 is 57.4 Å². The van der Waals surface area contributed by atoms with E-state index in [9.17, 15) is 0 Å². The number of nitrogens with zero attached hydrogens (tertiary/aromatic N) is 1. The van der Waals surface area contributed by atoms with Gasteiger partial charge in [0.15, 0.2) is 4.77 Å². The van der Waals surface area contributed by atoms with Crippen molar-refractivity contribution in [2.75, 3.05) is 0 Å². The lowest BCUT2D eigenvalue weighted by molar-refractivity contribution is 1.06. The second kappa shape index (κ2) is 4.92. The summed E-state index contributed by atoms with van der Waals surface area (Å²) in [6.45, 7) is 2.04. The Kier molecular flexibility index (Phi) is 3.41. The van der Waals surface area contributed by atoms with E-state index in [0.717, 1.165) is 22.3 Å². The summed E-state index contributed by atoms with van der Waals surface area (Å²) in [5.74, 6) is 0. The molecule has 0 radical (unpaired) electrons. The van der Waals surface area contributed by atoms with E-state index in [4.69, 9.17) is 23.8 Å². The van der Waals surface area contributed by atoms with Gasteiger partial charge in [0.25, 0.3) is 0 Å². The second-order valence-corrected chi connectivity index (χ2v) is 6.42. The molecule has 0 atom stereocenters. The van der Waals surface area contributed by atoms with Gasteiger partial charge in [-0.25, -0.2) is 0 Å². The zero-order chi connectivity index (χ0) is 13.6. The number of nitrogens with one attached hydrogen (secondary N) is 1. The van der Waals surface area contributed by atoms with Crippen LogP contribution in [-0.4, -0.2) is 9.55 Å². The molecule has 0 bridgehead atoms. The van der Waals surface area contributed by atoms with Gasteiger partial charge in [-0.05, 0) is 77.6 Å². The summed E-state index contributed by atoms with van der Waals surface area (Å²) >= 11 is 14.0. The summed E-state index contributed by atoms with van der Waals surface area (Å²) in [5.41, 5.74) is 4.13. The number of aromatic amines is 1. The minimum atomic E-state index is 0.657. The number of aryl methyl sites for hydroxylation is 1. The van der Waals surface area contributed by atoms with Crippen LogP contribution in [0.1, 0.15) is 5.56 Å². The van der Waals surface area contributed by atoms with Gasteiger partial charge in [0.05, 0.1) is 21.7 Å². The van der Waals surface area contributed by atoms with Crippen LogP contribution in [0.4, 0.5) is 0 Å². The Morgan fingerprint density at radius 3 is 2.79 bits per heavy atom. The van der Waals surface area contributed by atoms with Crippen molar-refractivity contribution in [3.8, 4) is 5.69 Å². The molecule has 2 nitrogen and oxygen atoms in total. The molecule has 1 aromatic heterocycles. The van der Waals surface area contributed by atoms with Gasteiger partial charge in [0.1, 0.15) is 0 Å². The Balaban J connectivity index is 2.39. The molecular formula is C14H10ClIN2S. The van der Waals surface area contributed by atoms with Crippen LogP contribution in [0.3, 0.4) is 0 Å². The lowest BCUT2D eigenvalue weighted by atomic mass is 10.2. The molecule has 0 aliphatic carbocycles. The quantitative estimate of drug-likeness (QED) is 0.437. The Labute approximate surface area is 134 Å². The van der Waals surface area contributed by atoms with Crippen LogP contribution in [0.25, 0.3) is 16.7 Å². The van der Waals surface area contributed by atoms with E-state index in [-0.39, 0.29) is 0 Å². The summed E-state index contributed by atoms with van der Waals surface area (Å²) in [6.07, 6.45) is 0. The predicted molar refractivity (Wildman–Crippen MR) is 90.9 cm³/mol. The number of H-pyrrole nitrogens is 1. The molecule has 0 saturated heterocycles. The first-order chi connectivity index (χ1) is 9.06. The molecule has 96 valence electrons. The molecule has 2 aromatic carbocycles. The summed E-state index contributed by atoms with van der Waals surface area (Å²) in [6, 6.07) is 12.1. The molecule has 0 unspecified atom stereocenters. The fraction of sp³-hybridized carbons (Fsp3) is 0.0714. The molecule has 0 aliphatic heterocycles. The third kappa shape index (κ3) is 2.32. The van der Waals surface area contributed by atoms with Crippen molar-refractivity contribution in [3.05, 3.63) is 55.3 Å². The van der Waals surface area contributed by atoms with E-state index < -0.39 is 0 Å². The number of rotatable bonds is 1. The number of hydrogen-bond donors (Lipinski definition) is 1. The maximum atomic E-state index is 6.31. The SMILES string of the molecule is Cc1ccc(Cl)c(-n2c(=S)[nH]c3cc(I)ccc32)c1. The van der Waals surface area contributed by atoms with Gasteiger partial charge in [0, 0.05) is 3.57 Å². The monoisotopic (exact) mass is 400 g/mol. The molecule has 1 N–H and O–H groups in total. The molecular weight excluding hydrogens is 391 g/mol. The first kappa shape index (κ1) is 13.1. The van der Waals surface area contributed by atoms with Crippen molar-refractivity contribution in [1.82, 2.24) is 9.55 Å². The first-order valence-electron chi connectivity index (χ1n) is 5.73. The minimum absolute atomic E-state index is 0.657.